The number of anilines is 1. The number of thioether (sulfide) groups is 1. The van der Waals surface area contributed by atoms with Crippen LogP contribution in [0.1, 0.15) is 11.1 Å². The average Bonchev–Trinajstić information content (AvgIpc) is 3.02. The molecule has 1 aliphatic rings. The van der Waals surface area contributed by atoms with E-state index in [0.29, 0.717) is 28.0 Å². The number of rotatable bonds is 5. The Hall–Kier alpha value is -1.81. The van der Waals surface area contributed by atoms with Crippen molar-refractivity contribution in [2.45, 2.75) is 6.61 Å². The van der Waals surface area contributed by atoms with Gasteiger partial charge in [-0.25, -0.2) is 4.90 Å². The lowest BCUT2D eigenvalue weighted by Gasteiger charge is -2.13. The van der Waals surface area contributed by atoms with E-state index >= 15 is 0 Å². The summed E-state index contributed by atoms with van der Waals surface area (Å²) in [6, 6.07) is 20.2. The zero-order chi connectivity index (χ0) is 22.0. The molecule has 0 radical (unpaired) electrons. The number of benzene rings is 3. The number of imide groups is 1. The van der Waals surface area contributed by atoms with Gasteiger partial charge in [0.2, 0.25) is 0 Å². The molecule has 1 heterocycles. The summed E-state index contributed by atoms with van der Waals surface area (Å²) < 4.78 is 7.60. The summed E-state index contributed by atoms with van der Waals surface area (Å²) in [5.74, 6) is 0.362. The van der Waals surface area contributed by atoms with Crippen molar-refractivity contribution < 1.29 is 14.3 Å². The Morgan fingerprint density at radius 3 is 2.48 bits per heavy atom. The molecule has 31 heavy (non-hydrogen) atoms. The first kappa shape index (κ1) is 22.4. The minimum Gasteiger partial charge on any atom is -0.487 e. The van der Waals surface area contributed by atoms with Crippen LogP contribution in [-0.4, -0.2) is 11.1 Å². The molecular formula is C23H14BrClINO3S. The van der Waals surface area contributed by atoms with Gasteiger partial charge in [-0.05, 0) is 92.3 Å². The van der Waals surface area contributed by atoms with Gasteiger partial charge in [0.25, 0.3) is 11.1 Å². The zero-order valence-electron chi connectivity index (χ0n) is 15.8. The normalized spacial score (nSPS) is 15.1. The van der Waals surface area contributed by atoms with Crippen LogP contribution >= 0.6 is 61.9 Å². The summed E-state index contributed by atoms with van der Waals surface area (Å²) >= 11 is 12.9. The number of nitrogens with zero attached hydrogens (tertiary/aromatic N) is 1. The molecule has 0 aliphatic carbocycles. The standard InChI is InChI=1S/C23H14BrClINO3S/c24-17-10-14(11-19(26)21(17)30-13-15-6-4-5-9-18(15)25)12-20-22(28)27(23(29)31-20)16-7-2-1-3-8-16/h1-12H,13H2/b20-12-. The zero-order valence-corrected chi connectivity index (χ0v) is 21.2. The Kier molecular flexibility index (Phi) is 7.05. The molecule has 0 N–H and O–H groups in total. The molecular weight excluding hydrogens is 613 g/mol. The Morgan fingerprint density at radius 1 is 1.06 bits per heavy atom. The number of carbonyl (C=O) groups is 2. The number of halogens is 3. The van der Waals surface area contributed by atoms with E-state index in [4.69, 9.17) is 16.3 Å². The maximum atomic E-state index is 12.8. The second kappa shape index (κ2) is 9.77. The van der Waals surface area contributed by atoms with Crippen LogP contribution in [0.4, 0.5) is 10.5 Å². The molecule has 4 rings (SSSR count). The number of hydrogen-bond donors (Lipinski definition) is 0. The molecule has 8 heteroatoms. The molecule has 1 fully saturated rings. The van der Waals surface area contributed by atoms with E-state index in [1.807, 2.05) is 42.5 Å². The number of amides is 2. The van der Waals surface area contributed by atoms with Crippen LogP contribution in [0.15, 0.2) is 76.1 Å². The van der Waals surface area contributed by atoms with Gasteiger partial charge in [0.15, 0.2) is 0 Å². The van der Waals surface area contributed by atoms with Crippen molar-refractivity contribution in [2.75, 3.05) is 4.90 Å². The van der Waals surface area contributed by atoms with Gasteiger partial charge in [0.05, 0.1) is 18.6 Å². The van der Waals surface area contributed by atoms with Gasteiger partial charge in [-0.2, -0.15) is 0 Å². The third-order valence-corrected chi connectivity index (χ3v) is 7.08. The molecule has 1 aliphatic heterocycles. The second-order valence-corrected chi connectivity index (χ2v) is 9.96. The Morgan fingerprint density at radius 2 is 1.77 bits per heavy atom. The maximum Gasteiger partial charge on any atom is 0.298 e. The number of hydrogen-bond acceptors (Lipinski definition) is 4. The first-order chi connectivity index (χ1) is 14.9. The van der Waals surface area contributed by atoms with Crippen LogP contribution in [0.5, 0.6) is 5.75 Å². The van der Waals surface area contributed by atoms with E-state index in [2.05, 4.69) is 38.5 Å². The molecule has 3 aromatic carbocycles. The fraction of sp³-hybridized carbons (Fsp3) is 0.0435. The van der Waals surface area contributed by atoms with E-state index < -0.39 is 0 Å². The Bertz CT molecular complexity index is 1180. The van der Waals surface area contributed by atoms with Crippen molar-refractivity contribution in [3.63, 3.8) is 0 Å². The van der Waals surface area contributed by atoms with Crippen LogP contribution in [0, 0.1) is 3.57 Å². The summed E-state index contributed by atoms with van der Waals surface area (Å²) in [7, 11) is 0. The average molecular weight is 627 g/mol. The van der Waals surface area contributed by atoms with Gasteiger partial charge < -0.3 is 4.74 Å². The van der Waals surface area contributed by atoms with Crippen molar-refractivity contribution in [3.8, 4) is 5.75 Å². The minimum absolute atomic E-state index is 0.309. The van der Waals surface area contributed by atoms with Crippen molar-refractivity contribution in [1.29, 1.82) is 0 Å². The summed E-state index contributed by atoms with van der Waals surface area (Å²) in [6.45, 7) is 0.337. The summed E-state index contributed by atoms with van der Waals surface area (Å²) in [5.41, 5.74) is 2.25. The first-order valence-electron chi connectivity index (χ1n) is 9.12. The molecule has 2 amide bonds. The SMILES string of the molecule is O=C1S/C(=C\c2cc(Br)c(OCc3ccccc3Cl)c(I)c2)C(=O)N1c1ccccc1. The second-order valence-electron chi connectivity index (χ2n) is 6.55. The van der Waals surface area contributed by atoms with Crippen LogP contribution in [0.2, 0.25) is 5.02 Å². The molecule has 1 saturated heterocycles. The number of para-hydroxylation sites is 1. The number of ether oxygens (including phenoxy) is 1. The Labute approximate surface area is 210 Å². The van der Waals surface area contributed by atoms with Gasteiger partial charge in [0, 0.05) is 10.6 Å². The summed E-state index contributed by atoms with van der Waals surface area (Å²) in [5, 5.41) is 0.343. The molecule has 3 aromatic rings. The Balaban J connectivity index is 1.56. The predicted octanol–water partition coefficient (Wildman–Crippen LogP) is 7.53. The van der Waals surface area contributed by atoms with Crippen molar-refractivity contribution >= 4 is 84.8 Å². The van der Waals surface area contributed by atoms with Gasteiger partial charge in [-0.1, -0.05) is 48.0 Å². The van der Waals surface area contributed by atoms with Crippen molar-refractivity contribution in [2.24, 2.45) is 0 Å². The molecule has 0 bridgehead atoms. The molecule has 0 saturated carbocycles. The molecule has 0 spiro atoms. The third-order valence-electron chi connectivity index (χ3n) is 4.46. The highest BCUT2D eigenvalue weighted by Crippen LogP contribution is 2.38. The van der Waals surface area contributed by atoms with E-state index in [0.717, 1.165) is 30.9 Å². The monoisotopic (exact) mass is 625 g/mol. The first-order valence-corrected chi connectivity index (χ1v) is 12.2. The van der Waals surface area contributed by atoms with Gasteiger partial charge in [0.1, 0.15) is 12.4 Å². The minimum atomic E-state index is -0.327. The van der Waals surface area contributed by atoms with Crippen molar-refractivity contribution in [1.82, 2.24) is 0 Å². The smallest absolute Gasteiger partial charge is 0.298 e. The highest BCUT2D eigenvalue weighted by atomic mass is 127. The molecule has 0 unspecified atom stereocenters. The predicted molar refractivity (Wildman–Crippen MR) is 138 cm³/mol. The van der Waals surface area contributed by atoms with E-state index in [1.54, 1.807) is 30.3 Å². The fourth-order valence-corrected chi connectivity index (χ4v) is 5.79. The summed E-state index contributed by atoms with van der Waals surface area (Å²) in [4.78, 5) is 26.8. The van der Waals surface area contributed by atoms with Gasteiger partial charge in [-0.3, -0.25) is 9.59 Å². The van der Waals surface area contributed by atoms with E-state index in [1.165, 1.54) is 4.90 Å². The topological polar surface area (TPSA) is 46.6 Å². The van der Waals surface area contributed by atoms with Crippen LogP contribution in [-0.2, 0) is 11.4 Å². The number of carbonyl (C=O) groups excluding carboxylic acids is 2. The van der Waals surface area contributed by atoms with Gasteiger partial charge in [-0.15, -0.1) is 0 Å². The quantitative estimate of drug-likeness (QED) is 0.217. The lowest BCUT2D eigenvalue weighted by Crippen LogP contribution is -2.27. The van der Waals surface area contributed by atoms with E-state index in [9.17, 15) is 9.59 Å². The largest absolute Gasteiger partial charge is 0.487 e. The highest BCUT2D eigenvalue weighted by Gasteiger charge is 2.36. The summed E-state index contributed by atoms with van der Waals surface area (Å²) in [6.07, 6.45) is 1.72. The van der Waals surface area contributed by atoms with Crippen LogP contribution in [0.3, 0.4) is 0 Å². The van der Waals surface area contributed by atoms with E-state index in [-0.39, 0.29) is 11.1 Å². The lowest BCUT2D eigenvalue weighted by atomic mass is 10.2. The molecule has 0 atom stereocenters. The van der Waals surface area contributed by atoms with Crippen LogP contribution in [0.25, 0.3) is 6.08 Å². The fourth-order valence-electron chi connectivity index (χ4n) is 2.98. The van der Waals surface area contributed by atoms with Crippen LogP contribution < -0.4 is 9.64 Å². The van der Waals surface area contributed by atoms with Gasteiger partial charge >= 0.3 is 0 Å². The van der Waals surface area contributed by atoms with Crippen molar-refractivity contribution in [3.05, 3.63) is 95.8 Å². The molecule has 156 valence electrons. The molecule has 0 aromatic heterocycles. The highest BCUT2D eigenvalue weighted by molar-refractivity contribution is 14.1. The lowest BCUT2D eigenvalue weighted by molar-refractivity contribution is -0.113. The maximum absolute atomic E-state index is 12.8. The molecule has 4 nitrogen and oxygen atoms in total. The third kappa shape index (κ3) is 5.00.